The van der Waals surface area contributed by atoms with E-state index >= 15 is 0 Å². The van der Waals surface area contributed by atoms with Gasteiger partial charge in [0.25, 0.3) is 5.91 Å². The number of nitrogens with two attached hydrogens (primary N) is 1. The van der Waals surface area contributed by atoms with Crippen molar-refractivity contribution in [3.63, 3.8) is 0 Å². The molecule has 0 aliphatic rings. The molecule has 1 amide bonds. The van der Waals surface area contributed by atoms with Gasteiger partial charge in [-0.25, -0.2) is 4.79 Å². The Morgan fingerprint density at radius 2 is 1.94 bits per heavy atom. The van der Waals surface area contributed by atoms with Crippen LogP contribution in [0, 0.1) is 0 Å². The third-order valence-electron chi connectivity index (χ3n) is 2.28. The van der Waals surface area contributed by atoms with Gasteiger partial charge in [-0.05, 0) is 13.3 Å². The van der Waals surface area contributed by atoms with E-state index in [2.05, 4.69) is 9.47 Å². The molecule has 0 aliphatic carbocycles. The van der Waals surface area contributed by atoms with E-state index in [0.717, 1.165) is 0 Å². The molecule has 7 heteroatoms. The molecule has 1 unspecified atom stereocenters. The number of likely N-dealkylation sites (N-methyl/N-ethyl adjacent to an activating group) is 1. The standard InChI is InChI=1S/C11H20N2O5/c1-4-18-11(16)9(12)10(15)13(2)7-5-6-8(14)17-3/h9H,4-7,12H2,1-3H3. The number of methoxy groups -OCH3 is 1. The summed E-state index contributed by atoms with van der Waals surface area (Å²) in [6.07, 6.45) is 0.660. The third-order valence-corrected chi connectivity index (χ3v) is 2.28. The number of amides is 1. The average Bonchev–Trinajstić information content (AvgIpc) is 2.36. The van der Waals surface area contributed by atoms with E-state index in [1.165, 1.54) is 19.1 Å². The van der Waals surface area contributed by atoms with Crippen LogP contribution in [0.4, 0.5) is 0 Å². The largest absolute Gasteiger partial charge is 0.469 e. The van der Waals surface area contributed by atoms with Gasteiger partial charge in [0, 0.05) is 20.0 Å². The zero-order valence-electron chi connectivity index (χ0n) is 11.0. The maximum Gasteiger partial charge on any atom is 0.332 e. The molecule has 7 nitrogen and oxygen atoms in total. The summed E-state index contributed by atoms with van der Waals surface area (Å²) in [5, 5.41) is 0. The van der Waals surface area contributed by atoms with Crippen LogP contribution in [0.25, 0.3) is 0 Å². The highest BCUT2D eigenvalue weighted by Gasteiger charge is 2.26. The highest BCUT2D eigenvalue weighted by molar-refractivity contribution is 6.01. The maximum atomic E-state index is 11.7. The molecule has 0 aliphatic heterocycles. The number of ether oxygens (including phenoxy) is 2. The van der Waals surface area contributed by atoms with Gasteiger partial charge in [0.1, 0.15) is 0 Å². The van der Waals surface area contributed by atoms with Crippen molar-refractivity contribution in [2.75, 3.05) is 27.3 Å². The molecule has 1 atom stereocenters. The highest BCUT2D eigenvalue weighted by Crippen LogP contribution is 1.98. The van der Waals surface area contributed by atoms with Crippen molar-refractivity contribution in [2.24, 2.45) is 5.73 Å². The van der Waals surface area contributed by atoms with E-state index in [1.54, 1.807) is 6.92 Å². The second-order valence-electron chi connectivity index (χ2n) is 3.67. The van der Waals surface area contributed by atoms with Gasteiger partial charge in [0.2, 0.25) is 0 Å². The molecule has 0 aromatic rings. The second kappa shape index (κ2) is 8.46. The molecule has 18 heavy (non-hydrogen) atoms. The number of esters is 2. The predicted octanol–water partition coefficient (Wildman–Crippen LogP) is -0.712. The molecular formula is C11H20N2O5. The van der Waals surface area contributed by atoms with E-state index in [0.29, 0.717) is 13.0 Å². The molecule has 0 radical (unpaired) electrons. The van der Waals surface area contributed by atoms with Crippen LogP contribution in [0.5, 0.6) is 0 Å². The lowest BCUT2D eigenvalue weighted by molar-refractivity contribution is -0.151. The van der Waals surface area contributed by atoms with E-state index in [9.17, 15) is 14.4 Å². The first-order valence-corrected chi connectivity index (χ1v) is 5.68. The molecule has 2 N–H and O–H groups in total. The average molecular weight is 260 g/mol. The van der Waals surface area contributed by atoms with Crippen LogP contribution in [0.3, 0.4) is 0 Å². The van der Waals surface area contributed by atoms with Crippen LogP contribution in [-0.2, 0) is 23.9 Å². The lowest BCUT2D eigenvalue weighted by Gasteiger charge is -2.20. The first kappa shape index (κ1) is 16.4. The van der Waals surface area contributed by atoms with Crippen molar-refractivity contribution in [3.05, 3.63) is 0 Å². The van der Waals surface area contributed by atoms with Gasteiger partial charge in [-0.3, -0.25) is 9.59 Å². The molecule has 0 aromatic carbocycles. The van der Waals surface area contributed by atoms with E-state index in [1.807, 2.05) is 0 Å². The zero-order chi connectivity index (χ0) is 14.1. The molecule has 0 fully saturated rings. The molecule has 0 aromatic heterocycles. The summed E-state index contributed by atoms with van der Waals surface area (Å²) in [4.78, 5) is 35.1. The van der Waals surface area contributed by atoms with Crippen molar-refractivity contribution in [1.29, 1.82) is 0 Å². The van der Waals surface area contributed by atoms with Crippen LogP contribution in [0.1, 0.15) is 19.8 Å². The predicted molar refractivity (Wildman–Crippen MR) is 63.5 cm³/mol. The van der Waals surface area contributed by atoms with E-state index in [4.69, 9.17) is 5.73 Å². The minimum Gasteiger partial charge on any atom is -0.469 e. The summed E-state index contributed by atoms with van der Waals surface area (Å²) in [7, 11) is 2.81. The summed E-state index contributed by atoms with van der Waals surface area (Å²) < 4.78 is 9.12. The van der Waals surface area contributed by atoms with E-state index < -0.39 is 17.9 Å². The summed E-state index contributed by atoms with van der Waals surface area (Å²) >= 11 is 0. The Balaban J connectivity index is 4.09. The summed E-state index contributed by atoms with van der Waals surface area (Å²) in [5.41, 5.74) is 5.45. The van der Waals surface area contributed by atoms with Gasteiger partial charge >= 0.3 is 11.9 Å². The number of hydrogen-bond donors (Lipinski definition) is 1. The fourth-order valence-electron chi connectivity index (χ4n) is 1.24. The molecule has 0 heterocycles. The zero-order valence-corrected chi connectivity index (χ0v) is 11.0. The van der Waals surface area contributed by atoms with Crippen molar-refractivity contribution in [3.8, 4) is 0 Å². The Kier molecular flexibility index (Phi) is 7.69. The smallest absolute Gasteiger partial charge is 0.332 e. The summed E-state index contributed by atoms with van der Waals surface area (Å²) in [6, 6.07) is -1.31. The number of hydrogen-bond acceptors (Lipinski definition) is 6. The Morgan fingerprint density at radius 1 is 1.33 bits per heavy atom. The Labute approximate surface area is 106 Å². The molecule has 0 spiro atoms. The van der Waals surface area contributed by atoms with Gasteiger partial charge in [-0.1, -0.05) is 0 Å². The SMILES string of the molecule is CCOC(=O)C(N)C(=O)N(C)CCCC(=O)OC. The minimum atomic E-state index is -1.31. The Bertz CT molecular complexity index is 306. The first-order valence-electron chi connectivity index (χ1n) is 5.68. The van der Waals surface area contributed by atoms with Crippen molar-refractivity contribution in [2.45, 2.75) is 25.8 Å². The van der Waals surface area contributed by atoms with Crippen LogP contribution in [0.15, 0.2) is 0 Å². The van der Waals surface area contributed by atoms with Crippen molar-refractivity contribution < 1.29 is 23.9 Å². The van der Waals surface area contributed by atoms with Gasteiger partial charge in [0.05, 0.1) is 13.7 Å². The number of carbonyl (C=O) groups is 3. The second-order valence-corrected chi connectivity index (χ2v) is 3.67. The third kappa shape index (κ3) is 5.62. The van der Waals surface area contributed by atoms with Crippen LogP contribution in [0.2, 0.25) is 0 Å². The quantitative estimate of drug-likeness (QED) is 0.479. The molecule has 0 saturated heterocycles. The first-order chi connectivity index (χ1) is 8.43. The van der Waals surface area contributed by atoms with Crippen LogP contribution in [-0.4, -0.2) is 56.1 Å². The van der Waals surface area contributed by atoms with Gasteiger partial charge in [-0.15, -0.1) is 0 Å². The number of nitrogens with zero attached hydrogens (tertiary/aromatic N) is 1. The topological polar surface area (TPSA) is 98.9 Å². The molecular weight excluding hydrogens is 240 g/mol. The maximum absolute atomic E-state index is 11.7. The van der Waals surface area contributed by atoms with Gasteiger partial charge in [-0.2, -0.15) is 0 Å². The van der Waals surface area contributed by atoms with Crippen molar-refractivity contribution >= 4 is 17.8 Å². The van der Waals surface area contributed by atoms with Gasteiger partial charge < -0.3 is 20.1 Å². The van der Waals surface area contributed by atoms with Gasteiger partial charge in [0.15, 0.2) is 6.04 Å². The van der Waals surface area contributed by atoms with E-state index in [-0.39, 0.29) is 19.0 Å². The molecule has 0 saturated carbocycles. The fraction of sp³-hybridized carbons (Fsp3) is 0.727. The van der Waals surface area contributed by atoms with Crippen LogP contribution >= 0.6 is 0 Å². The van der Waals surface area contributed by atoms with Crippen LogP contribution < -0.4 is 5.73 Å². The fourth-order valence-corrected chi connectivity index (χ4v) is 1.24. The molecule has 104 valence electrons. The molecule has 0 rings (SSSR count). The Hall–Kier alpha value is -1.63. The lowest BCUT2D eigenvalue weighted by Crippen LogP contribution is -2.47. The number of carbonyl (C=O) groups excluding carboxylic acids is 3. The summed E-state index contributed by atoms with van der Waals surface area (Å²) in [6.45, 7) is 2.13. The lowest BCUT2D eigenvalue weighted by atomic mass is 10.2. The summed E-state index contributed by atoms with van der Waals surface area (Å²) in [5.74, 6) is -1.62. The normalized spacial score (nSPS) is 11.6. The number of rotatable bonds is 7. The van der Waals surface area contributed by atoms with Crippen molar-refractivity contribution in [1.82, 2.24) is 4.90 Å². The Morgan fingerprint density at radius 3 is 2.44 bits per heavy atom. The minimum absolute atomic E-state index is 0.172. The molecule has 0 bridgehead atoms. The monoisotopic (exact) mass is 260 g/mol. The highest BCUT2D eigenvalue weighted by atomic mass is 16.5.